The summed E-state index contributed by atoms with van der Waals surface area (Å²) in [6.07, 6.45) is -4.02. The number of halogens is 3. The van der Waals surface area contributed by atoms with E-state index in [1.807, 2.05) is 22.5 Å². The number of thiophene rings is 1. The third-order valence-corrected chi connectivity index (χ3v) is 4.79. The van der Waals surface area contributed by atoms with Crippen LogP contribution in [0.25, 0.3) is 0 Å². The molecule has 1 aliphatic rings. The maximum atomic E-state index is 12.7. The first-order valence-corrected chi connectivity index (χ1v) is 8.37. The van der Waals surface area contributed by atoms with Crippen LogP contribution in [-0.4, -0.2) is 42.1 Å². The van der Waals surface area contributed by atoms with Crippen LogP contribution in [0.5, 0.6) is 0 Å². The molecule has 10 heteroatoms. The Bertz CT molecular complexity index is 796. The number of piperazine rings is 1. The first-order chi connectivity index (χ1) is 11.8. The lowest BCUT2D eigenvalue weighted by atomic mass is 10.2. The topological polar surface area (TPSA) is 68.4 Å². The zero-order valence-corrected chi connectivity index (χ0v) is 13.8. The van der Waals surface area contributed by atoms with Gasteiger partial charge >= 0.3 is 12.2 Å². The van der Waals surface area contributed by atoms with Crippen molar-refractivity contribution in [2.45, 2.75) is 6.18 Å². The zero-order valence-electron chi connectivity index (χ0n) is 13.0. The van der Waals surface area contributed by atoms with Gasteiger partial charge < -0.3 is 20.1 Å². The van der Waals surface area contributed by atoms with Crippen molar-refractivity contribution in [3.05, 3.63) is 45.7 Å². The van der Waals surface area contributed by atoms with E-state index in [-0.39, 0.29) is 0 Å². The average Bonchev–Trinajstić information content (AvgIpc) is 3.10. The Labute approximate surface area is 144 Å². The molecule has 0 saturated carbocycles. The van der Waals surface area contributed by atoms with Gasteiger partial charge in [0.15, 0.2) is 0 Å². The first-order valence-electron chi connectivity index (χ1n) is 7.49. The highest BCUT2D eigenvalue weighted by atomic mass is 32.1. The molecule has 3 heterocycles. The molecule has 6 nitrogen and oxygen atoms in total. The van der Waals surface area contributed by atoms with Crippen LogP contribution >= 0.6 is 11.3 Å². The average molecular weight is 372 g/mol. The van der Waals surface area contributed by atoms with Crippen LogP contribution in [0.3, 0.4) is 0 Å². The molecule has 0 unspecified atom stereocenters. The molecule has 2 aromatic rings. The van der Waals surface area contributed by atoms with Crippen molar-refractivity contribution < 1.29 is 18.0 Å². The van der Waals surface area contributed by atoms with E-state index in [4.69, 9.17) is 0 Å². The third kappa shape index (κ3) is 3.95. The van der Waals surface area contributed by atoms with Gasteiger partial charge in [-0.3, -0.25) is 4.79 Å². The molecule has 2 amide bonds. The summed E-state index contributed by atoms with van der Waals surface area (Å²) in [6.45, 7) is 2.07. The smallest absolute Gasteiger partial charge is 0.360 e. The molecule has 2 N–H and O–H groups in total. The summed E-state index contributed by atoms with van der Waals surface area (Å²) in [6, 6.07) is 3.98. The number of carbonyl (C=O) groups is 1. The number of nitrogens with one attached hydrogen (secondary N) is 2. The van der Waals surface area contributed by atoms with Crippen molar-refractivity contribution >= 4 is 28.1 Å². The molecule has 0 aromatic carbocycles. The van der Waals surface area contributed by atoms with Crippen molar-refractivity contribution in [3.63, 3.8) is 0 Å². The molecule has 1 saturated heterocycles. The molecule has 0 bridgehead atoms. The maximum Gasteiger partial charge on any atom is 0.417 e. The summed E-state index contributed by atoms with van der Waals surface area (Å²) in [4.78, 5) is 29.5. The molecular weight excluding hydrogens is 357 g/mol. The maximum absolute atomic E-state index is 12.7. The standard InChI is InChI=1S/C15H15F3N4O2S/c16-15(17,18)10-8-11(13(23)19-9-10)20-14(24)22-5-3-21(4-6-22)12-2-1-7-25-12/h1-2,7-9H,3-6H2,(H,19,23)(H,20,24). The van der Waals surface area contributed by atoms with Crippen LogP contribution in [0, 0.1) is 0 Å². The van der Waals surface area contributed by atoms with Crippen LogP contribution < -0.4 is 15.8 Å². The fourth-order valence-electron chi connectivity index (χ4n) is 2.51. The van der Waals surface area contributed by atoms with Gasteiger partial charge in [-0.2, -0.15) is 13.2 Å². The number of rotatable bonds is 2. The van der Waals surface area contributed by atoms with Gasteiger partial charge in [-0.25, -0.2) is 4.79 Å². The Hall–Kier alpha value is -2.49. The van der Waals surface area contributed by atoms with E-state index in [1.54, 1.807) is 11.3 Å². The van der Waals surface area contributed by atoms with Gasteiger partial charge in [-0.05, 0) is 23.6 Å². The number of H-pyrrole nitrogens is 1. The lowest BCUT2D eigenvalue weighted by Gasteiger charge is -2.35. The minimum absolute atomic E-state index is 0.416. The number of anilines is 2. The number of pyridine rings is 1. The first kappa shape index (κ1) is 17.3. The molecule has 0 radical (unpaired) electrons. The number of amides is 2. The number of nitrogens with zero attached hydrogens (tertiary/aromatic N) is 2. The number of hydrogen-bond donors (Lipinski definition) is 2. The highest BCUT2D eigenvalue weighted by Gasteiger charge is 2.32. The Balaban J connectivity index is 1.64. The Morgan fingerprint density at radius 2 is 1.96 bits per heavy atom. The molecule has 1 aliphatic heterocycles. The monoisotopic (exact) mass is 372 g/mol. The minimum Gasteiger partial charge on any atom is -0.360 e. The summed E-state index contributed by atoms with van der Waals surface area (Å²) in [5, 5.41) is 5.34. The largest absolute Gasteiger partial charge is 0.417 e. The van der Waals surface area contributed by atoms with Crippen LogP contribution in [0.1, 0.15) is 5.56 Å². The van der Waals surface area contributed by atoms with Crippen molar-refractivity contribution in [2.24, 2.45) is 0 Å². The van der Waals surface area contributed by atoms with Crippen molar-refractivity contribution in [3.8, 4) is 0 Å². The number of urea groups is 1. The van der Waals surface area contributed by atoms with E-state index in [0.29, 0.717) is 38.4 Å². The predicted molar refractivity (Wildman–Crippen MR) is 89.2 cm³/mol. The molecule has 134 valence electrons. The highest BCUT2D eigenvalue weighted by Crippen LogP contribution is 2.29. The fourth-order valence-corrected chi connectivity index (χ4v) is 3.30. The van der Waals surface area contributed by atoms with E-state index in [9.17, 15) is 22.8 Å². The Morgan fingerprint density at radius 3 is 2.56 bits per heavy atom. The SMILES string of the molecule is O=C(Nc1cc(C(F)(F)F)c[nH]c1=O)N1CCN(c2cccs2)CC1. The van der Waals surface area contributed by atoms with Gasteiger partial charge in [0.05, 0.1) is 10.6 Å². The molecule has 25 heavy (non-hydrogen) atoms. The molecular formula is C15H15F3N4O2S. The number of alkyl halides is 3. The van der Waals surface area contributed by atoms with Crippen LogP contribution in [0.4, 0.5) is 28.7 Å². The van der Waals surface area contributed by atoms with Crippen LogP contribution in [0.15, 0.2) is 34.6 Å². The lowest BCUT2D eigenvalue weighted by Crippen LogP contribution is -2.50. The van der Waals surface area contributed by atoms with E-state index >= 15 is 0 Å². The van der Waals surface area contributed by atoms with E-state index < -0.39 is 29.0 Å². The van der Waals surface area contributed by atoms with Gasteiger partial charge in [-0.1, -0.05) is 0 Å². The summed E-state index contributed by atoms with van der Waals surface area (Å²) in [7, 11) is 0. The molecule has 3 rings (SSSR count). The van der Waals surface area contributed by atoms with Crippen molar-refractivity contribution in [2.75, 3.05) is 36.4 Å². The quantitative estimate of drug-likeness (QED) is 0.852. The Kier molecular flexibility index (Phi) is 4.71. The van der Waals surface area contributed by atoms with Gasteiger partial charge in [0.25, 0.3) is 5.56 Å². The van der Waals surface area contributed by atoms with Crippen LogP contribution in [0.2, 0.25) is 0 Å². The predicted octanol–water partition coefficient (Wildman–Crippen LogP) is 2.81. The minimum atomic E-state index is -4.60. The molecule has 0 aliphatic carbocycles. The highest BCUT2D eigenvalue weighted by molar-refractivity contribution is 7.14. The van der Waals surface area contributed by atoms with Gasteiger partial charge in [0.2, 0.25) is 0 Å². The van der Waals surface area contributed by atoms with E-state index in [1.165, 1.54) is 4.90 Å². The number of carbonyl (C=O) groups excluding carboxylic acids is 1. The van der Waals surface area contributed by atoms with Crippen molar-refractivity contribution in [1.29, 1.82) is 0 Å². The fraction of sp³-hybridized carbons (Fsp3) is 0.333. The van der Waals surface area contributed by atoms with Crippen molar-refractivity contribution in [1.82, 2.24) is 9.88 Å². The number of aromatic amines is 1. The van der Waals surface area contributed by atoms with Gasteiger partial charge in [-0.15, -0.1) is 11.3 Å². The summed E-state index contributed by atoms with van der Waals surface area (Å²) in [5.74, 6) is 0. The van der Waals surface area contributed by atoms with E-state index in [2.05, 4.69) is 10.2 Å². The number of hydrogen-bond acceptors (Lipinski definition) is 4. The van der Waals surface area contributed by atoms with Crippen LogP contribution in [-0.2, 0) is 6.18 Å². The lowest BCUT2D eigenvalue weighted by molar-refractivity contribution is -0.137. The second-order valence-electron chi connectivity index (χ2n) is 5.48. The zero-order chi connectivity index (χ0) is 18.0. The summed E-state index contributed by atoms with van der Waals surface area (Å²) >= 11 is 1.60. The summed E-state index contributed by atoms with van der Waals surface area (Å²) < 4.78 is 38.2. The normalized spacial score (nSPS) is 15.3. The molecule has 0 atom stereocenters. The molecule has 1 fully saturated rings. The van der Waals surface area contributed by atoms with Gasteiger partial charge in [0.1, 0.15) is 5.69 Å². The second kappa shape index (κ2) is 6.79. The number of aromatic nitrogens is 1. The third-order valence-electron chi connectivity index (χ3n) is 3.86. The van der Waals surface area contributed by atoms with Gasteiger partial charge in [0, 0.05) is 32.4 Å². The Morgan fingerprint density at radius 1 is 1.24 bits per heavy atom. The molecule has 0 spiro atoms. The summed E-state index contributed by atoms with van der Waals surface area (Å²) in [5.41, 5.74) is -2.22. The second-order valence-corrected chi connectivity index (χ2v) is 6.41. The van der Waals surface area contributed by atoms with E-state index in [0.717, 1.165) is 5.00 Å². The molecule has 2 aromatic heterocycles.